The number of anilines is 3. The second kappa shape index (κ2) is 5.56. The fraction of sp³-hybridized carbons (Fsp3) is 0.200. The minimum atomic E-state index is -1.18. The van der Waals surface area contributed by atoms with Gasteiger partial charge >= 0.3 is 5.97 Å². The first kappa shape index (κ1) is 14.8. The minimum absolute atomic E-state index is 0.00380. The molecule has 0 atom stereocenters. The highest BCUT2D eigenvalue weighted by molar-refractivity contribution is 5.97. The van der Waals surface area contributed by atoms with E-state index in [1.165, 1.54) is 0 Å². The van der Waals surface area contributed by atoms with E-state index in [0.717, 1.165) is 18.2 Å². The Hall–Kier alpha value is -3.16. The molecule has 0 unspecified atom stereocenters. The van der Waals surface area contributed by atoms with Gasteiger partial charge in [0.15, 0.2) is 0 Å². The van der Waals surface area contributed by atoms with Gasteiger partial charge in [-0.15, -0.1) is 0 Å². The normalized spacial score (nSPS) is 13.6. The number of carbonyl (C=O) groups is 2. The van der Waals surface area contributed by atoms with E-state index < -0.39 is 5.97 Å². The van der Waals surface area contributed by atoms with E-state index in [2.05, 4.69) is 15.3 Å². The molecule has 3 rings (SSSR count). The van der Waals surface area contributed by atoms with Crippen LogP contribution in [0.2, 0.25) is 0 Å². The number of nitrogens with zero attached hydrogens (tertiary/aromatic N) is 3. The maximum atomic E-state index is 12.0. The van der Waals surface area contributed by atoms with Crippen LogP contribution >= 0.6 is 0 Å². The lowest BCUT2D eigenvalue weighted by atomic mass is 9.99. The fourth-order valence-electron chi connectivity index (χ4n) is 2.43. The van der Waals surface area contributed by atoms with Gasteiger partial charge in [-0.3, -0.25) is 4.79 Å². The summed E-state index contributed by atoms with van der Waals surface area (Å²) in [6, 6.07) is 5.37. The summed E-state index contributed by atoms with van der Waals surface area (Å²) < 4.78 is 0. The minimum Gasteiger partial charge on any atom is -0.477 e. The summed E-state index contributed by atoms with van der Waals surface area (Å²) in [6.45, 7) is 0.673. The van der Waals surface area contributed by atoms with Crippen LogP contribution in [0.25, 0.3) is 0 Å². The predicted molar refractivity (Wildman–Crippen MR) is 83.8 cm³/mol. The third-order valence-corrected chi connectivity index (χ3v) is 3.70. The summed E-state index contributed by atoms with van der Waals surface area (Å²) >= 11 is 0. The van der Waals surface area contributed by atoms with Gasteiger partial charge in [-0.05, 0) is 30.2 Å². The first-order valence-corrected chi connectivity index (χ1v) is 6.97. The molecule has 0 radical (unpaired) electrons. The standard InChI is InChI=1S/C15H15N5O3/c1-20-5-4-8-6-9(2-3-10(8)13(20)21)18-15-17-7-11(14(22)23)12(16)19-15/h2-3,6-7H,4-5H2,1H3,(H,22,23)(H3,16,17,18,19). The van der Waals surface area contributed by atoms with E-state index in [-0.39, 0.29) is 23.2 Å². The van der Waals surface area contributed by atoms with Crippen molar-refractivity contribution in [3.8, 4) is 0 Å². The van der Waals surface area contributed by atoms with Crippen molar-refractivity contribution in [2.45, 2.75) is 6.42 Å². The average Bonchev–Trinajstić information content (AvgIpc) is 2.51. The van der Waals surface area contributed by atoms with Crippen molar-refractivity contribution in [2.75, 3.05) is 24.6 Å². The number of carboxylic acid groups (broad SMARTS) is 1. The average molecular weight is 313 g/mol. The topological polar surface area (TPSA) is 121 Å². The molecule has 2 aromatic rings. The molecule has 8 nitrogen and oxygen atoms in total. The zero-order chi connectivity index (χ0) is 16.6. The van der Waals surface area contributed by atoms with Crippen molar-refractivity contribution in [1.29, 1.82) is 0 Å². The zero-order valence-electron chi connectivity index (χ0n) is 12.4. The quantitative estimate of drug-likeness (QED) is 0.776. The molecule has 1 aromatic carbocycles. The number of nitrogen functional groups attached to an aromatic ring is 1. The Balaban J connectivity index is 1.85. The van der Waals surface area contributed by atoms with Gasteiger partial charge < -0.3 is 21.1 Å². The summed E-state index contributed by atoms with van der Waals surface area (Å²) in [7, 11) is 1.78. The summed E-state index contributed by atoms with van der Waals surface area (Å²) in [4.78, 5) is 32.5. The number of aromatic nitrogens is 2. The molecular formula is C15H15N5O3. The molecule has 1 aliphatic heterocycles. The summed E-state index contributed by atoms with van der Waals surface area (Å²) in [6.07, 6.45) is 1.93. The molecule has 118 valence electrons. The Kier molecular flexibility index (Phi) is 3.57. The van der Waals surface area contributed by atoms with Gasteiger partial charge in [0.1, 0.15) is 11.4 Å². The lowest BCUT2D eigenvalue weighted by molar-refractivity contribution is 0.0696. The molecule has 0 spiro atoms. The largest absolute Gasteiger partial charge is 0.477 e. The molecule has 4 N–H and O–H groups in total. The van der Waals surface area contributed by atoms with E-state index in [1.54, 1.807) is 24.1 Å². The van der Waals surface area contributed by atoms with Gasteiger partial charge in [-0.25, -0.2) is 9.78 Å². The van der Waals surface area contributed by atoms with Crippen molar-refractivity contribution in [2.24, 2.45) is 0 Å². The fourth-order valence-corrected chi connectivity index (χ4v) is 2.43. The molecule has 1 aliphatic rings. The Morgan fingerprint density at radius 2 is 2.22 bits per heavy atom. The van der Waals surface area contributed by atoms with Gasteiger partial charge in [-0.2, -0.15) is 4.98 Å². The van der Waals surface area contributed by atoms with Crippen molar-refractivity contribution < 1.29 is 14.7 Å². The molecule has 0 bridgehead atoms. The number of amides is 1. The van der Waals surface area contributed by atoms with Gasteiger partial charge in [0.05, 0.1) is 0 Å². The zero-order valence-corrected chi connectivity index (χ0v) is 12.4. The number of nitrogens with two attached hydrogens (primary N) is 1. The van der Waals surface area contributed by atoms with Crippen LogP contribution in [0.4, 0.5) is 17.5 Å². The Labute approximate surface area is 132 Å². The Bertz CT molecular complexity index is 806. The maximum absolute atomic E-state index is 12.0. The number of hydrogen-bond acceptors (Lipinski definition) is 6. The summed E-state index contributed by atoms with van der Waals surface area (Å²) in [5.41, 5.74) is 7.80. The molecule has 0 fully saturated rings. The van der Waals surface area contributed by atoms with E-state index in [0.29, 0.717) is 17.8 Å². The number of aromatic carboxylic acids is 1. The van der Waals surface area contributed by atoms with Crippen LogP contribution in [0.5, 0.6) is 0 Å². The lowest BCUT2D eigenvalue weighted by Crippen LogP contribution is -2.34. The molecule has 23 heavy (non-hydrogen) atoms. The van der Waals surface area contributed by atoms with Crippen LogP contribution in [0, 0.1) is 0 Å². The number of fused-ring (bicyclic) bond motifs is 1. The number of rotatable bonds is 3. The number of benzene rings is 1. The first-order chi connectivity index (χ1) is 11.0. The van der Waals surface area contributed by atoms with E-state index in [1.807, 2.05) is 6.07 Å². The SMILES string of the molecule is CN1CCc2cc(Nc3ncc(C(=O)O)c(N)n3)ccc2C1=O. The number of carbonyl (C=O) groups excluding carboxylic acids is 1. The maximum Gasteiger partial charge on any atom is 0.341 e. The van der Waals surface area contributed by atoms with E-state index >= 15 is 0 Å². The van der Waals surface area contributed by atoms with Crippen molar-refractivity contribution in [3.05, 3.63) is 41.1 Å². The molecule has 2 heterocycles. The predicted octanol–water partition coefficient (Wildman–Crippen LogP) is 1.13. The third kappa shape index (κ3) is 2.78. The summed E-state index contributed by atoms with van der Waals surface area (Å²) in [5.74, 6) is -1.08. The van der Waals surface area contributed by atoms with Crippen LogP contribution in [0.1, 0.15) is 26.3 Å². The highest BCUT2D eigenvalue weighted by atomic mass is 16.4. The number of likely N-dealkylation sites (N-methyl/N-ethyl adjacent to an activating group) is 1. The molecule has 8 heteroatoms. The molecular weight excluding hydrogens is 298 g/mol. The van der Waals surface area contributed by atoms with Crippen LogP contribution in [-0.2, 0) is 6.42 Å². The van der Waals surface area contributed by atoms with Gasteiger partial charge in [0.25, 0.3) is 5.91 Å². The first-order valence-electron chi connectivity index (χ1n) is 6.97. The molecule has 0 saturated carbocycles. The smallest absolute Gasteiger partial charge is 0.341 e. The van der Waals surface area contributed by atoms with Crippen LogP contribution in [0.3, 0.4) is 0 Å². The van der Waals surface area contributed by atoms with Crippen LogP contribution in [-0.4, -0.2) is 45.4 Å². The van der Waals surface area contributed by atoms with E-state index in [4.69, 9.17) is 10.8 Å². The van der Waals surface area contributed by atoms with Crippen LogP contribution in [0.15, 0.2) is 24.4 Å². The van der Waals surface area contributed by atoms with Gasteiger partial charge in [0, 0.05) is 31.0 Å². The third-order valence-electron chi connectivity index (χ3n) is 3.70. The van der Waals surface area contributed by atoms with E-state index in [9.17, 15) is 9.59 Å². The van der Waals surface area contributed by atoms with Gasteiger partial charge in [-0.1, -0.05) is 0 Å². The number of carboxylic acids is 1. The van der Waals surface area contributed by atoms with Crippen molar-refractivity contribution >= 4 is 29.3 Å². The second-order valence-corrected chi connectivity index (χ2v) is 5.27. The highest BCUT2D eigenvalue weighted by Gasteiger charge is 2.21. The highest BCUT2D eigenvalue weighted by Crippen LogP contribution is 2.23. The molecule has 0 saturated heterocycles. The molecule has 1 aromatic heterocycles. The molecule has 1 amide bonds. The monoisotopic (exact) mass is 313 g/mol. The lowest BCUT2D eigenvalue weighted by Gasteiger charge is -2.25. The van der Waals surface area contributed by atoms with Crippen molar-refractivity contribution in [1.82, 2.24) is 14.9 Å². The Morgan fingerprint density at radius 3 is 2.91 bits per heavy atom. The number of nitrogens with one attached hydrogen (secondary N) is 1. The molecule has 0 aliphatic carbocycles. The van der Waals surface area contributed by atoms with Gasteiger partial charge in [0.2, 0.25) is 5.95 Å². The number of hydrogen-bond donors (Lipinski definition) is 3. The van der Waals surface area contributed by atoms with Crippen molar-refractivity contribution in [3.63, 3.8) is 0 Å². The Morgan fingerprint density at radius 1 is 1.43 bits per heavy atom. The summed E-state index contributed by atoms with van der Waals surface area (Å²) in [5, 5.41) is 11.9. The second-order valence-electron chi connectivity index (χ2n) is 5.27. The van der Waals surface area contributed by atoms with Crippen LogP contribution < -0.4 is 11.1 Å².